The van der Waals surface area contributed by atoms with E-state index in [1.807, 2.05) is 0 Å². The molecule has 3 saturated heterocycles. The Hall–Kier alpha value is -3.30. The zero-order chi connectivity index (χ0) is 36.5. The third-order valence-corrected chi connectivity index (χ3v) is 9.43. The Morgan fingerprint density at radius 1 is 0.480 bits per heavy atom. The van der Waals surface area contributed by atoms with Gasteiger partial charge in [0.25, 0.3) is 0 Å². The Morgan fingerprint density at radius 2 is 0.860 bits per heavy atom. The van der Waals surface area contributed by atoms with Crippen molar-refractivity contribution in [1.29, 1.82) is 0 Å². The van der Waals surface area contributed by atoms with E-state index in [2.05, 4.69) is 0 Å². The molecule has 1 aliphatic carbocycles. The molecule has 2 aromatic rings. The lowest BCUT2D eigenvalue weighted by Gasteiger charge is -2.40. The van der Waals surface area contributed by atoms with Crippen LogP contribution in [0.3, 0.4) is 0 Å². The second kappa shape index (κ2) is 13.7. The summed E-state index contributed by atoms with van der Waals surface area (Å²) >= 11 is 0. The lowest BCUT2D eigenvalue weighted by atomic mass is 9.82. The van der Waals surface area contributed by atoms with Crippen LogP contribution in [0.1, 0.15) is 58.2 Å². The van der Waals surface area contributed by atoms with E-state index in [4.69, 9.17) is 28.4 Å². The van der Waals surface area contributed by atoms with Crippen molar-refractivity contribution in [3.05, 3.63) is 52.1 Å². The fourth-order valence-corrected chi connectivity index (χ4v) is 6.41. The van der Waals surface area contributed by atoms with Gasteiger partial charge in [0.15, 0.2) is 5.78 Å². The van der Waals surface area contributed by atoms with Crippen LogP contribution in [-0.2, 0) is 14.2 Å². The molecule has 0 radical (unpaired) electrons. The first-order valence-electron chi connectivity index (χ1n) is 16.0. The molecule has 9 N–H and O–H groups in total. The van der Waals surface area contributed by atoms with Crippen molar-refractivity contribution in [2.24, 2.45) is 0 Å². The predicted molar refractivity (Wildman–Crippen MR) is 163 cm³/mol. The monoisotopic (exact) mass is 708 g/mol. The maximum Gasteiger partial charge on any atom is 0.229 e. The molecule has 17 heteroatoms. The number of aliphatic hydroxyl groups is 9. The van der Waals surface area contributed by atoms with E-state index in [1.54, 1.807) is 6.92 Å². The Kier molecular flexibility index (Phi) is 9.98. The van der Waals surface area contributed by atoms with Gasteiger partial charge >= 0.3 is 0 Å². The molecular formula is C33H40O17. The van der Waals surface area contributed by atoms with Crippen molar-refractivity contribution in [3.63, 3.8) is 0 Å². The van der Waals surface area contributed by atoms with Gasteiger partial charge in [0, 0.05) is 17.2 Å². The standard InChI is InChI=1S/C33H40O17/c1-9-5-14-18(16(6-9)49-32-29(43)26(40)21(35)11(3)46-32)24(38)19-15(23(14)37)7-13(48-31-28(42)25(39)20(34)10(2)45-31)8-17(19)50-33-30(44)27(41)22(36)12(4)47-33/h5-8,10-12,20-22,25-36,39-44H,1-4H3/t10-,11-,12-,20-,21-,22-,25+,26+,27+,28+,29+,30+,31-,32-,33-/m0/s1. The van der Waals surface area contributed by atoms with Gasteiger partial charge in [-0.05, 0) is 51.5 Å². The summed E-state index contributed by atoms with van der Waals surface area (Å²) in [7, 11) is 0. The molecule has 3 aliphatic heterocycles. The van der Waals surface area contributed by atoms with Gasteiger partial charge in [0.05, 0.1) is 29.4 Å². The number of carbonyl (C=O) groups is 2. The SMILES string of the molecule is Cc1cc(O[C@@H]2O[C@@H](C)[C@H](O)[C@@H](O)[C@H]2O)c2c(c1)C(=O)c1cc(O[C@@H]3O[C@@H](C)[C@H](O)[C@@H](O)[C@H]3O)cc(O[C@@H]3O[C@@H](C)[C@H](O)[C@@H](O)[C@H]3O)c1C2=O. The maximum atomic E-state index is 14.4. The Labute approximate surface area is 284 Å². The third-order valence-electron chi connectivity index (χ3n) is 9.43. The van der Waals surface area contributed by atoms with E-state index < -0.39 is 109 Å². The highest BCUT2D eigenvalue weighted by molar-refractivity contribution is 6.30. The molecule has 0 saturated carbocycles. The Morgan fingerprint density at radius 3 is 1.30 bits per heavy atom. The molecule has 6 rings (SSSR count). The topological polar surface area (TPSA) is 272 Å². The first-order valence-corrected chi connectivity index (χ1v) is 16.0. The zero-order valence-corrected chi connectivity index (χ0v) is 27.3. The number of ketones is 2. The number of ether oxygens (including phenoxy) is 6. The van der Waals surface area contributed by atoms with E-state index >= 15 is 0 Å². The fraction of sp³-hybridized carbons (Fsp3) is 0.576. The van der Waals surface area contributed by atoms with Crippen LogP contribution in [0.5, 0.6) is 17.2 Å². The molecule has 274 valence electrons. The molecule has 3 heterocycles. The lowest BCUT2D eigenvalue weighted by molar-refractivity contribution is -0.269. The summed E-state index contributed by atoms with van der Waals surface area (Å²) in [6, 6.07) is 5.10. The summed E-state index contributed by atoms with van der Waals surface area (Å²) < 4.78 is 34.3. The highest BCUT2D eigenvalue weighted by Crippen LogP contribution is 2.42. The average Bonchev–Trinajstić information content (AvgIpc) is 3.07. The second-order valence-electron chi connectivity index (χ2n) is 13.1. The summed E-state index contributed by atoms with van der Waals surface area (Å²) in [6.45, 7) is 5.89. The van der Waals surface area contributed by atoms with Crippen LogP contribution in [0.25, 0.3) is 0 Å². The smallest absolute Gasteiger partial charge is 0.229 e. The first-order chi connectivity index (χ1) is 23.5. The van der Waals surface area contributed by atoms with E-state index in [-0.39, 0.29) is 33.8 Å². The molecule has 4 aliphatic rings. The van der Waals surface area contributed by atoms with Crippen molar-refractivity contribution in [2.45, 2.75) is 120 Å². The quantitative estimate of drug-likeness (QED) is 0.127. The van der Waals surface area contributed by atoms with Crippen LogP contribution < -0.4 is 14.2 Å². The van der Waals surface area contributed by atoms with E-state index in [0.29, 0.717) is 5.56 Å². The number of benzene rings is 2. The number of hydrogen-bond acceptors (Lipinski definition) is 17. The molecule has 2 aromatic carbocycles. The van der Waals surface area contributed by atoms with Gasteiger partial charge in [-0.3, -0.25) is 9.59 Å². The fourth-order valence-electron chi connectivity index (χ4n) is 6.41. The highest BCUT2D eigenvalue weighted by Gasteiger charge is 2.47. The maximum absolute atomic E-state index is 14.4. The zero-order valence-electron chi connectivity index (χ0n) is 27.3. The molecule has 0 bridgehead atoms. The molecule has 17 nitrogen and oxygen atoms in total. The van der Waals surface area contributed by atoms with Gasteiger partial charge in [0.1, 0.15) is 72.2 Å². The van der Waals surface area contributed by atoms with E-state index in [0.717, 1.165) is 6.07 Å². The number of rotatable bonds is 6. The van der Waals surface area contributed by atoms with Crippen LogP contribution in [0, 0.1) is 6.92 Å². The Balaban J connectivity index is 1.43. The number of carbonyl (C=O) groups excluding carboxylic acids is 2. The minimum absolute atomic E-state index is 0.137. The number of fused-ring (bicyclic) bond motifs is 2. The largest absolute Gasteiger partial charge is 0.462 e. The van der Waals surface area contributed by atoms with Crippen molar-refractivity contribution in [1.82, 2.24) is 0 Å². The van der Waals surface area contributed by atoms with Gasteiger partial charge < -0.3 is 74.4 Å². The van der Waals surface area contributed by atoms with Crippen molar-refractivity contribution in [2.75, 3.05) is 0 Å². The highest BCUT2D eigenvalue weighted by atomic mass is 16.7. The normalized spacial score (nSPS) is 40.1. The number of hydrogen-bond donors (Lipinski definition) is 9. The van der Waals surface area contributed by atoms with E-state index in [1.165, 1.54) is 39.0 Å². The molecule has 15 atom stereocenters. The summed E-state index contributed by atoms with van der Waals surface area (Å²) in [5, 5.41) is 93.3. The van der Waals surface area contributed by atoms with E-state index in [9.17, 15) is 55.5 Å². The summed E-state index contributed by atoms with van der Waals surface area (Å²) in [4.78, 5) is 28.6. The molecule has 0 amide bonds. The van der Waals surface area contributed by atoms with Crippen molar-refractivity contribution >= 4 is 11.6 Å². The molecular weight excluding hydrogens is 668 g/mol. The van der Waals surface area contributed by atoms with Gasteiger partial charge in [-0.15, -0.1) is 0 Å². The van der Waals surface area contributed by atoms with Crippen LogP contribution in [0.4, 0.5) is 0 Å². The van der Waals surface area contributed by atoms with Crippen LogP contribution in [0.15, 0.2) is 24.3 Å². The lowest BCUT2D eigenvalue weighted by Crippen LogP contribution is -2.58. The molecule has 0 aromatic heterocycles. The molecule has 0 unspecified atom stereocenters. The van der Waals surface area contributed by atoms with Crippen LogP contribution in [0.2, 0.25) is 0 Å². The molecule has 0 spiro atoms. The summed E-state index contributed by atoms with van der Waals surface area (Å²) in [5.74, 6) is -2.42. The number of aryl methyl sites for hydroxylation is 1. The predicted octanol–water partition coefficient (Wildman–Crippen LogP) is -2.61. The summed E-state index contributed by atoms with van der Waals surface area (Å²) in [6.07, 6.45) is -22.5. The van der Waals surface area contributed by atoms with Crippen LogP contribution >= 0.6 is 0 Å². The summed E-state index contributed by atoms with van der Waals surface area (Å²) in [5.41, 5.74) is -0.601. The van der Waals surface area contributed by atoms with Gasteiger partial charge in [-0.25, -0.2) is 0 Å². The van der Waals surface area contributed by atoms with Crippen molar-refractivity contribution < 1.29 is 84.0 Å². The first kappa shape index (κ1) is 36.5. The minimum Gasteiger partial charge on any atom is -0.462 e. The second-order valence-corrected chi connectivity index (χ2v) is 13.1. The van der Waals surface area contributed by atoms with Gasteiger partial charge in [0.2, 0.25) is 24.7 Å². The number of aliphatic hydroxyl groups excluding tert-OH is 9. The Bertz CT molecular complexity index is 1630. The molecule has 50 heavy (non-hydrogen) atoms. The van der Waals surface area contributed by atoms with Gasteiger partial charge in [-0.2, -0.15) is 0 Å². The van der Waals surface area contributed by atoms with Crippen molar-refractivity contribution in [3.8, 4) is 17.2 Å². The molecule has 3 fully saturated rings. The minimum atomic E-state index is -1.83. The third kappa shape index (κ3) is 6.27. The van der Waals surface area contributed by atoms with Gasteiger partial charge in [-0.1, -0.05) is 0 Å². The average molecular weight is 709 g/mol. The van der Waals surface area contributed by atoms with Crippen LogP contribution in [-0.4, -0.2) is 150 Å².